The van der Waals surface area contributed by atoms with Crippen molar-refractivity contribution in [2.45, 2.75) is 57.0 Å². The summed E-state index contributed by atoms with van der Waals surface area (Å²) in [6.45, 7) is 2.22. The van der Waals surface area contributed by atoms with Crippen LogP contribution in [0.3, 0.4) is 0 Å². The Bertz CT molecular complexity index is 777. The van der Waals surface area contributed by atoms with Gasteiger partial charge >= 0.3 is 12.1 Å². The smallest absolute Gasteiger partial charge is 0.321 e. The highest BCUT2D eigenvalue weighted by atomic mass is 79.9. The van der Waals surface area contributed by atoms with Crippen molar-refractivity contribution < 1.29 is 19.1 Å². The number of fused-ring (bicyclic) bond motifs is 1. The van der Waals surface area contributed by atoms with E-state index >= 15 is 0 Å². The van der Waals surface area contributed by atoms with Crippen molar-refractivity contribution in [3.05, 3.63) is 16.6 Å². The number of nitrogens with zero attached hydrogens (tertiary/aromatic N) is 1. The second kappa shape index (κ2) is 9.76. The summed E-state index contributed by atoms with van der Waals surface area (Å²) in [5.74, 6) is 1.30. The fourth-order valence-corrected chi connectivity index (χ4v) is 4.66. The van der Waals surface area contributed by atoms with E-state index in [1.165, 1.54) is 19.3 Å². The minimum absolute atomic E-state index is 0.0787. The van der Waals surface area contributed by atoms with Gasteiger partial charge in [0.15, 0.2) is 11.5 Å². The number of hydrogen-bond donors (Lipinski definition) is 3. The first kappa shape index (κ1) is 21.1. The summed E-state index contributed by atoms with van der Waals surface area (Å²) in [5, 5.41) is 9.11. The largest absolute Gasteiger partial charge is 0.486 e. The van der Waals surface area contributed by atoms with Gasteiger partial charge in [0, 0.05) is 41.8 Å². The minimum atomic E-state index is -0.155. The molecule has 1 aliphatic carbocycles. The third-order valence-corrected chi connectivity index (χ3v) is 6.59. The van der Waals surface area contributed by atoms with Gasteiger partial charge in [0.2, 0.25) is 0 Å². The van der Waals surface area contributed by atoms with Crippen LogP contribution in [0.15, 0.2) is 16.6 Å². The first-order valence-electron chi connectivity index (χ1n) is 10.8. The number of piperidine rings is 1. The number of amides is 4. The van der Waals surface area contributed by atoms with Crippen molar-refractivity contribution in [1.29, 1.82) is 0 Å². The van der Waals surface area contributed by atoms with Crippen LogP contribution >= 0.6 is 15.9 Å². The van der Waals surface area contributed by atoms with Crippen molar-refractivity contribution in [2.24, 2.45) is 0 Å². The lowest BCUT2D eigenvalue weighted by molar-refractivity contribution is 0.171. The second-order valence-corrected chi connectivity index (χ2v) is 8.97. The Morgan fingerprint density at radius 2 is 1.50 bits per heavy atom. The topological polar surface area (TPSA) is 91.9 Å². The Morgan fingerprint density at radius 1 is 0.900 bits per heavy atom. The van der Waals surface area contributed by atoms with Crippen LogP contribution in [0.2, 0.25) is 0 Å². The minimum Gasteiger partial charge on any atom is -0.486 e. The maximum Gasteiger partial charge on any atom is 0.321 e. The molecule has 2 aliphatic heterocycles. The van der Waals surface area contributed by atoms with E-state index < -0.39 is 0 Å². The van der Waals surface area contributed by atoms with Gasteiger partial charge in [-0.3, -0.25) is 0 Å². The quantitative estimate of drug-likeness (QED) is 0.612. The Labute approximate surface area is 185 Å². The van der Waals surface area contributed by atoms with E-state index in [9.17, 15) is 9.59 Å². The van der Waals surface area contributed by atoms with E-state index in [-0.39, 0.29) is 18.1 Å². The SMILES string of the molecule is O=C(NC1CCCCC1)NC1CCN(C(=O)Nc2cc3c(cc2Br)OCCO3)CC1. The lowest BCUT2D eigenvalue weighted by Gasteiger charge is -2.33. The number of carbonyl (C=O) groups is 2. The summed E-state index contributed by atoms with van der Waals surface area (Å²) in [5.41, 5.74) is 0.649. The molecule has 4 rings (SSSR count). The van der Waals surface area contributed by atoms with E-state index in [2.05, 4.69) is 31.9 Å². The number of likely N-dealkylation sites (tertiary alicyclic amines) is 1. The Morgan fingerprint density at radius 3 is 2.17 bits per heavy atom. The predicted octanol–water partition coefficient (Wildman–Crippen LogP) is 3.85. The van der Waals surface area contributed by atoms with Gasteiger partial charge in [-0.25, -0.2) is 9.59 Å². The number of benzene rings is 1. The number of ether oxygens (including phenoxy) is 2. The molecular weight excluding hydrogens is 452 g/mol. The number of hydrogen-bond acceptors (Lipinski definition) is 4. The molecular formula is C21H29BrN4O4. The molecule has 3 N–H and O–H groups in total. The molecule has 1 saturated heterocycles. The van der Waals surface area contributed by atoms with Gasteiger partial charge in [0.05, 0.1) is 5.69 Å². The molecule has 0 atom stereocenters. The van der Waals surface area contributed by atoms with Gasteiger partial charge < -0.3 is 30.3 Å². The van der Waals surface area contributed by atoms with Gasteiger partial charge in [-0.2, -0.15) is 0 Å². The molecule has 2 heterocycles. The van der Waals surface area contributed by atoms with Crippen molar-refractivity contribution in [2.75, 3.05) is 31.6 Å². The van der Waals surface area contributed by atoms with Gasteiger partial charge in [-0.1, -0.05) is 19.3 Å². The molecule has 9 heteroatoms. The Kier molecular flexibility index (Phi) is 6.86. The first-order valence-corrected chi connectivity index (χ1v) is 11.6. The monoisotopic (exact) mass is 480 g/mol. The van der Waals surface area contributed by atoms with Crippen LogP contribution < -0.4 is 25.4 Å². The molecule has 1 saturated carbocycles. The average molecular weight is 481 g/mol. The number of halogens is 1. The van der Waals surface area contributed by atoms with Crippen molar-refractivity contribution in [3.63, 3.8) is 0 Å². The van der Waals surface area contributed by atoms with Crippen LogP contribution in [-0.4, -0.2) is 55.3 Å². The van der Waals surface area contributed by atoms with E-state index in [1.807, 2.05) is 6.07 Å². The van der Waals surface area contributed by atoms with E-state index in [0.29, 0.717) is 49.5 Å². The predicted molar refractivity (Wildman–Crippen MR) is 117 cm³/mol. The molecule has 0 radical (unpaired) electrons. The number of carbonyl (C=O) groups excluding carboxylic acids is 2. The standard InChI is InChI=1S/C21H29BrN4O4/c22-16-12-18-19(30-11-10-29-18)13-17(16)25-21(28)26-8-6-15(7-9-26)24-20(27)23-14-4-2-1-3-5-14/h12-15H,1-11H2,(H,25,28)(H2,23,24,27). The summed E-state index contributed by atoms with van der Waals surface area (Å²) >= 11 is 3.48. The Hall–Kier alpha value is -2.16. The molecule has 0 spiro atoms. The molecule has 30 heavy (non-hydrogen) atoms. The molecule has 4 amide bonds. The molecule has 0 bridgehead atoms. The van der Waals surface area contributed by atoms with Crippen LogP contribution in [0.1, 0.15) is 44.9 Å². The highest BCUT2D eigenvalue weighted by Crippen LogP contribution is 2.38. The maximum atomic E-state index is 12.7. The van der Waals surface area contributed by atoms with Gasteiger partial charge in [-0.15, -0.1) is 0 Å². The Balaban J connectivity index is 1.24. The van der Waals surface area contributed by atoms with Crippen LogP contribution in [0, 0.1) is 0 Å². The zero-order valence-corrected chi connectivity index (χ0v) is 18.6. The molecule has 3 aliphatic rings. The number of urea groups is 2. The lowest BCUT2D eigenvalue weighted by Crippen LogP contribution is -2.51. The zero-order valence-electron chi connectivity index (χ0n) is 17.0. The van der Waals surface area contributed by atoms with Crippen molar-refractivity contribution >= 4 is 33.7 Å². The number of anilines is 1. The van der Waals surface area contributed by atoms with Crippen molar-refractivity contribution in [3.8, 4) is 11.5 Å². The highest BCUT2D eigenvalue weighted by Gasteiger charge is 2.26. The molecule has 2 fully saturated rings. The van der Waals surface area contributed by atoms with E-state index in [4.69, 9.17) is 9.47 Å². The molecule has 1 aromatic carbocycles. The molecule has 0 aromatic heterocycles. The fourth-order valence-electron chi connectivity index (χ4n) is 4.24. The third-order valence-electron chi connectivity index (χ3n) is 5.93. The molecule has 1 aromatic rings. The van der Waals surface area contributed by atoms with E-state index in [1.54, 1.807) is 11.0 Å². The van der Waals surface area contributed by atoms with E-state index in [0.717, 1.165) is 30.2 Å². The highest BCUT2D eigenvalue weighted by molar-refractivity contribution is 9.10. The second-order valence-electron chi connectivity index (χ2n) is 8.12. The normalized spacial score (nSPS) is 19.8. The fraction of sp³-hybridized carbons (Fsp3) is 0.619. The number of rotatable bonds is 3. The third kappa shape index (κ3) is 5.30. The number of nitrogens with one attached hydrogen (secondary N) is 3. The van der Waals surface area contributed by atoms with Crippen LogP contribution in [0.5, 0.6) is 11.5 Å². The summed E-state index contributed by atoms with van der Waals surface area (Å²) in [7, 11) is 0. The lowest BCUT2D eigenvalue weighted by atomic mass is 9.96. The van der Waals surface area contributed by atoms with Crippen molar-refractivity contribution in [1.82, 2.24) is 15.5 Å². The summed E-state index contributed by atoms with van der Waals surface area (Å²) in [4.78, 5) is 26.7. The maximum absolute atomic E-state index is 12.7. The molecule has 164 valence electrons. The zero-order chi connectivity index (χ0) is 20.9. The molecule has 0 unspecified atom stereocenters. The summed E-state index contributed by atoms with van der Waals surface area (Å²) < 4.78 is 11.9. The van der Waals surface area contributed by atoms with Crippen LogP contribution in [0.4, 0.5) is 15.3 Å². The van der Waals surface area contributed by atoms with Crippen LogP contribution in [-0.2, 0) is 0 Å². The molecule has 8 nitrogen and oxygen atoms in total. The van der Waals surface area contributed by atoms with Gasteiger partial charge in [-0.05, 0) is 41.6 Å². The first-order chi connectivity index (χ1) is 14.6. The average Bonchev–Trinajstić information content (AvgIpc) is 2.75. The van der Waals surface area contributed by atoms with Gasteiger partial charge in [0.25, 0.3) is 0 Å². The van der Waals surface area contributed by atoms with Crippen LogP contribution in [0.25, 0.3) is 0 Å². The van der Waals surface area contributed by atoms with Gasteiger partial charge in [0.1, 0.15) is 13.2 Å². The summed E-state index contributed by atoms with van der Waals surface area (Å²) in [6, 6.07) is 3.75. The summed E-state index contributed by atoms with van der Waals surface area (Å²) in [6.07, 6.45) is 7.28.